The Morgan fingerprint density at radius 2 is 1.92 bits per heavy atom. The molecule has 0 spiro atoms. The summed E-state index contributed by atoms with van der Waals surface area (Å²) in [5, 5.41) is 3.12. The van der Waals surface area contributed by atoms with E-state index in [1.165, 1.54) is 5.56 Å². The van der Waals surface area contributed by atoms with Crippen LogP contribution in [0, 0.1) is 0 Å². The molecule has 0 radical (unpaired) electrons. The van der Waals surface area contributed by atoms with Gasteiger partial charge >= 0.3 is 0 Å². The van der Waals surface area contributed by atoms with Gasteiger partial charge in [-0.25, -0.2) is 0 Å². The fraction of sp³-hybridized carbons (Fsp3) is 0.400. The van der Waals surface area contributed by atoms with E-state index in [0.717, 1.165) is 24.9 Å². The Labute approximate surface area is 172 Å². The minimum absolute atomic E-state index is 0. The predicted molar refractivity (Wildman–Crippen MR) is 121 cm³/mol. The first-order chi connectivity index (χ1) is 12.1. The zero-order chi connectivity index (χ0) is 18.1. The van der Waals surface area contributed by atoms with Crippen LogP contribution in [0.1, 0.15) is 44.6 Å². The first-order valence-electron chi connectivity index (χ1n) is 8.92. The molecule has 0 aliphatic heterocycles. The Hall–Kier alpha value is -1.83. The smallest absolute Gasteiger partial charge is 0.250 e. The molecule has 3 N–H and O–H groups in total. The summed E-state index contributed by atoms with van der Waals surface area (Å²) in [6.45, 7) is 5.77. The number of guanidine groups is 1. The van der Waals surface area contributed by atoms with E-state index in [1.54, 1.807) is 16.7 Å². The Morgan fingerprint density at radius 3 is 2.58 bits per heavy atom. The van der Waals surface area contributed by atoms with Crippen molar-refractivity contribution in [2.45, 2.75) is 45.6 Å². The molecule has 0 bridgehead atoms. The maximum Gasteiger partial charge on any atom is 0.250 e. The molecule has 1 aromatic carbocycles. The maximum atomic E-state index is 11.6. The standard InChI is InChI=1S/C20H28N4O.HI/c1-3-16(2)17-9-11-18(12-10-17)23-20(21)22-13-5-7-15-24-14-6-4-8-19(24)25;/h4,6,8-12,14,16H,3,5,7,13,15H2,1-2H3,(H3,21,22,23);1H. The minimum atomic E-state index is 0. The van der Waals surface area contributed by atoms with E-state index in [-0.39, 0.29) is 29.5 Å². The van der Waals surface area contributed by atoms with Crippen LogP contribution >= 0.6 is 24.0 Å². The number of halogens is 1. The molecule has 2 aromatic rings. The zero-order valence-electron chi connectivity index (χ0n) is 15.5. The normalized spacial score (nSPS) is 12.3. The topological polar surface area (TPSA) is 72.4 Å². The van der Waals surface area contributed by atoms with Crippen molar-refractivity contribution < 1.29 is 0 Å². The number of nitrogens with two attached hydrogens (primary N) is 1. The van der Waals surface area contributed by atoms with Gasteiger partial charge in [-0.1, -0.05) is 32.0 Å². The van der Waals surface area contributed by atoms with E-state index >= 15 is 0 Å². The SMILES string of the molecule is CCC(C)c1ccc(NC(N)=NCCCCn2ccccc2=O)cc1.I. The van der Waals surface area contributed by atoms with Crippen molar-refractivity contribution >= 4 is 35.6 Å². The van der Waals surface area contributed by atoms with Crippen molar-refractivity contribution in [3.05, 3.63) is 64.6 Å². The molecular formula is C20H29IN4O. The molecule has 6 heteroatoms. The monoisotopic (exact) mass is 468 g/mol. The number of pyridine rings is 1. The summed E-state index contributed by atoms with van der Waals surface area (Å²) >= 11 is 0. The molecule has 142 valence electrons. The van der Waals surface area contributed by atoms with Crippen LogP contribution in [-0.4, -0.2) is 17.1 Å². The van der Waals surface area contributed by atoms with Crippen LogP contribution in [0.25, 0.3) is 0 Å². The maximum absolute atomic E-state index is 11.6. The van der Waals surface area contributed by atoms with Crippen molar-refractivity contribution in [3.63, 3.8) is 0 Å². The third kappa shape index (κ3) is 7.19. The predicted octanol–water partition coefficient (Wildman–Crippen LogP) is 4.19. The molecule has 0 saturated carbocycles. The highest BCUT2D eigenvalue weighted by Crippen LogP contribution is 2.20. The molecular weight excluding hydrogens is 439 g/mol. The van der Waals surface area contributed by atoms with E-state index in [1.807, 2.05) is 24.4 Å². The summed E-state index contributed by atoms with van der Waals surface area (Å²) in [7, 11) is 0. The molecule has 0 amide bonds. The lowest BCUT2D eigenvalue weighted by Crippen LogP contribution is -2.23. The van der Waals surface area contributed by atoms with Crippen molar-refractivity contribution in [1.82, 2.24) is 4.57 Å². The van der Waals surface area contributed by atoms with Gasteiger partial charge in [0.15, 0.2) is 5.96 Å². The van der Waals surface area contributed by atoms with Gasteiger partial charge in [-0.2, -0.15) is 0 Å². The van der Waals surface area contributed by atoms with Gasteiger partial charge in [0.05, 0.1) is 0 Å². The summed E-state index contributed by atoms with van der Waals surface area (Å²) in [6.07, 6.45) is 4.72. The van der Waals surface area contributed by atoms with Crippen molar-refractivity contribution in [3.8, 4) is 0 Å². The van der Waals surface area contributed by atoms with E-state index in [9.17, 15) is 4.79 Å². The lowest BCUT2D eigenvalue weighted by Gasteiger charge is -2.11. The Bertz CT molecular complexity index is 740. The van der Waals surface area contributed by atoms with Crippen molar-refractivity contribution in [2.24, 2.45) is 10.7 Å². The third-order valence-corrected chi connectivity index (χ3v) is 4.35. The van der Waals surface area contributed by atoms with Crippen LogP contribution in [0.2, 0.25) is 0 Å². The number of hydrogen-bond acceptors (Lipinski definition) is 2. The molecule has 26 heavy (non-hydrogen) atoms. The second-order valence-electron chi connectivity index (χ2n) is 6.26. The third-order valence-electron chi connectivity index (χ3n) is 4.35. The average Bonchev–Trinajstić information content (AvgIpc) is 2.63. The van der Waals surface area contributed by atoms with Gasteiger partial charge in [0.2, 0.25) is 5.56 Å². The van der Waals surface area contributed by atoms with Gasteiger partial charge in [0, 0.05) is 31.0 Å². The van der Waals surface area contributed by atoms with Gasteiger partial charge in [-0.15, -0.1) is 24.0 Å². The van der Waals surface area contributed by atoms with Crippen LogP contribution in [0.3, 0.4) is 0 Å². The number of unbranched alkanes of at least 4 members (excludes halogenated alkanes) is 1. The second kappa shape index (κ2) is 11.7. The molecule has 1 aromatic heterocycles. The lowest BCUT2D eigenvalue weighted by molar-refractivity contribution is 0.599. The first kappa shape index (κ1) is 22.2. The van der Waals surface area contributed by atoms with Gasteiger partial charge < -0.3 is 15.6 Å². The number of benzene rings is 1. The highest BCUT2D eigenvalue weighted by atomic mass is 127. The molecule has 0 aliphatic rings. The van der Waals surface area contributed by atoms with Gasteiger partial charge in [0.1, 0.15) is 0 Å². The average molecular weight is 468 g/mol. The number of nitrogens with zero attached hydrogens (tertiary/aromatic N) is 2. The highest BCUT2D eigenvalue weighted by molar-refractivity contribution is 14.0. The van der Waals surface area contributed by atoms with Crippen molar-refractivity contribution in [2.75, 3.05) is 11.9 Å². The number of aryl methyl sites for hydroxylation is 1. The second-order valence-corrected chi connectivity index (χ2v) is 6.26. The Morgan fingerprint density at radius 1 is 1.19 bits per heavy atom. The van der Waals surface area contributed by atoms with E-state index < -0.39 is 0 Å². The first-order valence-corrected chi connectivity index (χ1v) is 8.92. The Balaban J connectivity index is 0.00000338. The summed E-state index contributed by atoms with van der Waals surface area (Å²) in [5.74, 6) is 0.991. The molecule has 0 fully saturated rings. The van der Waals surface area contributed by atoms with Gasteiger partial charge in [-0.05, 0) is 48.9 Å². The van der Waals surface area contributed by atoms with Gasteiger partial charge in [-0.3, -0.25) is 9.79 Å². The van der Waals surface area contributed by atoms with E-state index in [4.69, 9.17) is 5.73 Å². The number of nitrogens with one attached hydrogen (secondary N) is 1. The zero-order valence-corrected chi connectivity index (χ0v) is 17.9. The number of hydrogen-bond donors (Lipinski definition) is 2. The lowest BCUT2D eigenvalue weighted by atomic mass is 9.99. The van der Waals surface area contributed by atoms with Crippen LogP contribution in [0.5, 0.6) is 0 Å². The number of rotatable bonds is 8. The van der Waals surface area contributed by atoms with Crippen LogP contribution < -0.4 is 16.6 Å². The fourth-order valence-corrected chi connectivity index (χ4v) is 2.56. The summed E-state index contributed by atoms with van der Waals surface area (Å²) in [6, 6.07) is 13.5. The molecule has 2 rings (SSSR count). The van der Waals surface area contributed by atoms with Crippen LogP contribution in [0.4, 0.5) is 5.69 Å². The quantitative estimate of drug-likeness (QED) is 0.264. The van der Waals surface area contributed by atoms with Crippen molar-refractivity contribution in [1.29, 1.82) is 0 Å². The van der Waals surface area contributed by atoms with E-state index in [2.05, 4.69) is 36.3 Å². The minimum Gasteiger partial charge on any atom is -0.370 e. The number of aliphatic imine (C=N–C) groups is 1. The fourth-order valence-electron chi connectivity index (χ4n) is 2.56. The number of anilines is 1. The summed E-state index contributed by atoms with van der Waals surface area (Å²) in [4.78, 5) is 15.9. The largest absolute Gasteiger partial charge is 0.370 e. The van der Waals surface area contributed by atoms with Crippen LogP contribution in [0.15, 0.2) is 58.4 Å². The summed E-state index contributed by atoms with van der Waals surface area (Å²) < 4.78 is 1.71. The summed E-state index contributed by atoms with van der Waals surface area (Å²) in [5.41, 5.74) is 8.25. The highest BCUT2D eigenvalue weighted by Gasteiger charge is 2.02. The molecule has 1 atom stereocenters. The van der Waals surface area contributed by atoms with Crippen LogP contribution in [-0.2, 0) is 6.54 Å². The van der Waals surface area contributed by atoms with E-state index in [0.29, 0.717) is 25.0 Å². The molecule has 1 unspecified atom stereocenters. The molecule has 1 heterocycles. The van der Waals surface area contributed by atoms with Gasteiger partial charge in [0.25, 0.3) is 0 Å². The molecule has 0 saturated heterocycles. The Kier molecular flexibility index (Phi) is 10.0. The molecule has 0 aliphatic carbocycles. The number of aromatic nitrogens is 1. The molecule has 5 nitrogen and oxygen atoms in total.